The SMILES string of the molecule is C=Cc1ccc(COc2ccc(/C(=C(\c3ccccc3)c3ccc(C=O)cc3)c3ccccc3)cc2)cc1. The Morgan fingerprint density at radius 1 is 0.553 bits per heavy atom. The Labute approximate surface area is 224 Å². The van der Waals surface area contributed by atoms with E-state index in [0.29, 0.717) is 12.2 Å². The standard InChI is InChI=1S/C36H28O2/c1-2-27-13-15-29(16-14-27)26-38-34-23-21-33(22-24-34)36(31-11-7-4-8-12-31)35(30-9-5-3-6-10-30)32-19-17-28(25-37)18-20-32/h2-25H,1,26H2/b36-35+. The van der Waals surface area contributed by atoms with Crippen LogP contribution in [0.15, 0.2) is 140 Å². The molecule has 0 radical (unpaired) electrons. The van der Waals surface area contributed by atoms with Crippen molar-refractivity contribution in [2.24, 2.45) is 0 Å². The van der Waals surface area contributed by atoms with Crippen molar-refractivity contribution in [1.29, 1.82) is 0 Å². The van der Waals surface area contributed by atoms with E-state index in [-0.39, 0.29) is 0 Å². The number of aldehydes is 1. The molecular formula is C36H28O2. The summed E-state index contributed by atoms with van der Waals surface area (Å²) in [5.41, 5.74) is 9.41. The quantitative estimate of drug-likeness (QED) is 0.152. The van der Waals surface area contributed by atoms with E-state index < -0.39 is 0 Å². The van der Waals surface area contributed by atoms with Gasteiger partial charge in [0.25, 0.3) is 0 Å². The number of hydrogen-bond donors (Lipinski definition) is 0. The summed E-state index contributed by atoms with van der Waals surface area (Å²) in [5.74, 6) is 0.811. The summed E-state index contributed by atoms with van der Waals surface area (Å²) in [6.45, 7) is 4.30. The van der Waals surface area contributed by atoms with Crippen LogP contribution in [0.4, 0.5) is 0 Å². The zero-order chi connectivity index (χ0) is 26.2. The molecule has 0 aliphatic carbocycles. The van der Waals surface area contributed by atoms with Crippen LogP contribution in [0.1, 0.15) is 43.7 Å². The summed E-state index contributed by atoms with van der Waals surface area (Å²) >= 11 is 0. The zero-order valence-electron chi connectivity index (χ0n) is 21.1. The zero-order valence-corrected chi connectivity index (χ0v) is 21.1. The minimum Gasteiger partial charge on any atom is -0.489 e. The lowest BCUT2D eigenvalue weighted by atomic mass is 9.85. The molecule has 0 aromatic heterocycles. The average Bonchev–Trinajstić information content (AvgIpc) is 3.00. The summed E-state index contributed by atoms with van der Waals surface area (Å²) in [5, 5.41) is 0. The smallest absolute Gasteiger partial charge is 0.150 e. The van der Waals surface area contributed by atoms with Crippen LogP contribution in [-0.4, -0.2) is 6.29 Å². The van der Waals surface area contributed by atoms with Gasteiger partial charge in [-0.2, -0.15) is 0 Å². The van der Waals surface area contributed by atoms with Gasteiger partial charge in [0, 0.05) is 5.56 Å². The lowest BCUT2D eigenvalue weighted by Gasteiger charge is -2.18. The first-order valence-electron chi connectivity index (χ1n) is 12.6. The molecule has 5 aromatic rings. The highest BCUT2D eigenvalue weighted by molar-refractivity contribution is 6.04. The van der Waals surface area contributed by atoms with Gasteiger partial charge < -0.3 is 4.74 Å². The molecular weight excluding hydrogens is 464 g/mol. The van der Waals surface area contributed by atoms with Gasteiger partial charge in [-0.05, 0) is 56.7 Å². The molecule has 38 heavy (non-hydrogen) atoms. The lowest BCUT2D eigenvalue weighted by Crippen LogP contribution is -1.99. The highest BCUT2D eigenvalue weighted by Crippen LogP contribution is 2.37. The van der Waals surface area contributed by atoms with Crippen molar-refractivity contribution >= 4 is 23.5 Å². The summed E-state index contributed by atoms with van der Waals surface area (Å²) in [4.78, 5) is 11.3. The molecule has 2 heteroatoms. The first-order chi connectivity index (χ1) is 18.7. The van der Waals surface area contributed by atoms with Gasteiger partial charge in [0.1, 0.15) is 18.6 Å². The Bertz CT molecular complexity index is 1530. The van der Waals surface area contributed by atoms with Gasteiger partial charge in [0.15, 0.2) is 0 Å². The molecule has 0 unspecified atom stereocenters. The minimum absolute atomic E-state index is 0.497. The third-order valence-electron chi connectivity index (χ3n) is 6.47. The fraction of sp³-hybridized carbons (Fsp3) is 0.0278. The van der Waals surface area contributed by atoms with Crippen molar-refractivity contribution in [3.63, 3.8) is 0 Å². The fourth-order valence-corrected chi connectivity index (χ4v) is 4.48. The van der Waals surface area contributed by atoms with Crippen LogP contribution < -0.4 is 4.74 Å². The van der Waals surface area contributed by atoms with E-state index in [1.54, 1.807) is 0 Å². The fourth-order valence-electron chi connectivity index (χ4n) is 4.48. The molecule has 0 saturated carbocycles. The Morgan fingerprint density at radius 2 is 1.00 bits per heavy atom. The Morgan fingerprint density at radius 3 is 1.47 bits per heavy atom. The van der Waals surface area contributed by atoms with E-state index in [4.69, 9.17) is 4.74 Å². The van der Waals surface area contributed by atoms with Crippen molar-refractivity contribution in [2.45, 2.75) is 6.61 Å². The van der Waals surface area contributed by atoms with Gasteiger partial charge in [0.2, 0.25) is 0 Å². The van der Waals surface area contributed by atoms with E-state index in [9.17, 15) is 4.79 Å². The van der Waals surface area contributed by atoms with Crippen LogP contribution in [0.5, 0.6) is 5.75 Å². The number of ether oxygens (including phenoxy) is 1. The number of carbonyl (C=O) groups excluding carboxylic acids is 1. The summed E-state index contributed by atoms with van der Waals surface area (Å²) in [6.07, 6.45) is 2.71. The predicted molar refractivity (Wildman–Crippen MR) is 157 cm³/mol. The maximum absolute atomic E-state index is 11.3. The minimum atomic E-state index is 0.497. The molecule has 0 aliphatic heterocycles. The highest BCUT2D eigenvalue weighted by atomic mass is 16.5. The molecule has 0 spiro atoms. The number of hydrogen-bond acceptors (Lipinski definition) is 2. The van der Waals surface area contributed by atoms with Crippen LogP contribution in [0.3, 0.4) is 0 Å². The van der Waals surface area contributed by atoms with Crippen molar-refractivity contribution < 1.29 is 9.53 Å². The molecule has 2 nitrogen and oxygen atoms in total. The molecule has 5 rings (SSSR count). The second-order valence-corrected chi connectivity index (χ2v) is 8.98. The Kier molecular flexibility index (Phi) is 7.72. The summed E-state index contributed by atoms with van der Waals surface area (Å²) in [6, 6.07) is 45.0. The highest BCUT2D eigenvalue weighted by Gasteiger charge is 2.16. The molecule has 0 aliphatic rings. The van der Waals surface area contributed by atoms with E-state index in [2.05, 4.69) is 79.4 Å². The van der Waals surface area contributed by atoms with Gasteiger partial charge in [-0.1, -0.05) is 134 Å². The van der Waals surface area contributed by atoms with Gasteiger partial charge >= 0.3 is 0 Å². The molecule has 0 heterocycles. The molecule has 0 atom stereocenters. The van der Waals surface area contributed by atoms with E-state index in [1.165, 1.54) is 0 Å². The van der Waals surface area contributed by atoms with E-state index >= 15 is 0 Å². The van der Waals surface area contributed by atoms with Crippen molar-refractivity contribution in [3.8, 4) is 5.75 Å². The average molecular weight is 493 g/mol. The second-order valence-electron chi connectivity index (χ2n) is 8.98. The maximum Gasteiger partial charge on any atom is 0.150 e. The van der Waals surface area contributed by atoms with Crippen molar-refractivity contribution in [2.75, 3.05) is 0 Å². The molecule has 5 aromatic carbocycles. The normalized spacial score (nSPS) is 11.4. The lowest BCUT2D eigenvalue weighted by molar-refractivity contribution is 0.112. The molecule has 0 bridgehead atoms. The monoisotopic (exact) mass is 492 g/mol. The first kappa shape index (κ1) is 24.7. The Hall–Kier alpha value is -4.95. The molecule has 0 saturated heterocycles. The van der Waals surface area contributed by atoms with E-state index in [0.717, 1.165) is 56.6 Å². The third kappa shape index (κ3) is 5.71. The van der Waals surface area contributed by atoms with Crippen LogP contribution in [0.2, 0.25) is 0 Å². The molecule has 184 valence electrons. The van der Waals surface area contributed by atoms with Crippen LogP contribution >= 0.6 is 0 Å². The van der Waals surface area contributed by atoms with Crippen LogP contribution in [0.25, 0.3) is 17.2 Å². The second kappa shape index (κ2) is 11.9. The summed E-state index contributed by atoms with van der Waals surface area (Å²) < 4.78 is 6.09. The van der Waals surface area contributed by atoms with Gasteiger partial charge in [-0.25, -0.2) is 0 Å². The molecule has 0 fully saturated rings. The first-order valence-corrected chi connectivity index (χ1v) is 12.6. The van der Waals surface area contributed by atoms with E-state index in [1.807, 2.05) is 66.7 Å². The Balaban J connectivity index is 1.57. The summed E-state index contributed by atoms with van der Waals surface area (Å²) in [7, 11) is 0. The van der Waals surface area contributed by atoms with Crippen molar-refractivity contribution in [3.05, 3.63) is 179 Å². The van der Waals surface area contributed by atoms with Crippen LogP contribution in [0, 0.1) is 0 Å². The molecule has 0 N–H and O–H groups in total. The molecule has 0 amide bonds. The predicted octanol–water partition coefficient (Wildman–Crippen LogP) is 8.73. The number of carbonyl (C=O) groups is 1. The number of rotatable bonds is 9. The van der Waals surface area contributed by atoms with Crippen molar-refractivity contribution in [1.82, 2.24) is 0 Å². The topological polar surface area (TPSA) is 26.3 Å². The maximum atomic E-state index is 11.3. The van der Waals surface area contributed by atoms with Gasteiger partial charge in [-0.3, -0.25) is 4.79 Å². The van der Waals surface area contributed by atoms with Gasteiger partial charge in [-0.15, -0.1) is 0 Å². The third-order valence-corrected chi connectivity index (χ3v) is 6.47. The van der Waals surface area contributed by atoms with Crippen LogP contribution in [-0.2, 0) is 6.61 Å². The van der Waals surface area contributed by atoms with Gasteiger partial charge in [0.05, 0.1) is 0 Å². The number of benzene rings is 5. The largest absolute Gasteiger partial charge is 0.489 e.